The minimum atomic E-state index is -1.28. The zero-order chi connectivity index (χ0) is 40.7. The van der Waals surface area contributed by atoms with Crippen molar-refractivity contribution in [1.82, 2.24) is 0 Å². The molecule has 13 nitrogen and oxygen atoms in total. The number of nitrogens with zero attached hydrogens (tertiary/aromatic N) is 1. The van der Waals surface area contributed by atoms with E-state index in [1.54, 1.807) is 0 Å². The van der Waals surface area contributed by atoms with E-state index in [2.05, 4.69) is 33.8 Å². The van der Waals surface area contributed by atoms with E-state index in [0.29, 0.717) is 36.5 Å². The Morgan fingerprint density at radius 3 is 2.12 bits per heavy atom. The Labute approximate surface area is 331 Å². The first-order valence-corrected chi connectivity index (χ1v) is 20.8. The van der Waals surface area contributed by atoms with Crippen LogP contribution < -0.4 is 0 Å². The molecule has 0 radical (unpaired) electrons. The Balaban J connectivity index is 1.23. The van der Waals surface area contributed by atoms with Gasteiger partial charge in [0.2, 0.25) is 0 Å². The highest BCUT2D eigenvalue weighted by atomic mass is 16.7. The number of fused-ring (bicyclic) bond motifs is 5. The van der Waals surface area contributed by atoms with E-state index in [4.69, 9.17) is 38.2 Å². The smallest absolute Gasteiger partial charge is 0.303 e. The second-order valence-electron chi connectivity index (χ2n) is 18.0. The Bertz CT molecular complexity index is 1590. The highest BCUT2D eigenvalue weighted by Gasteiger charge is 2.63. The standard InChI is InChI=1S/C43H63NO12/c1-22-10-13-34(44-20-22)23(2)37-35(51-25(4)46)19-33-31-12-11-29-18-30(14-16-42(29,8)32(31)15-17-43(33,37)9)55-41-40(54-28(7)49)39(53-27(6)48)38(52-26(5)47)36(56-41)21-50-24(3)45/h11,22-23,30-33,35-41H,10,12-21H2,1-9H3/t22-,23+,30-,31+,32?,33?,35?,36+,37-,38+,39-,40+,41?,42-,43-/m0/s1. The molecule has 15 atom stereocenters. The van der Waals surface area contributed by atoms with Gasteiger partial charge in [-0.25, -0.2) is 0 Å². The van der Waals surface area contributed by atoms with Crippen LogP contribution >= 0.6 is 0 Å². The molecule has 4 unspecified atom stereocenters. The molecule has 2 heterocycles. The number of esters is 5. The molecule has 3 saturated carbocycles. The SMILES string of the molecule is CC(=O)OC[C@H]1OC(O[C@H]2CC[C@@]3(C)C(=CC[C@@H]4C3CC[C@@]3(C)C4CC(OC(C)=O)[C@@H]3[C@H](C)C3=NC[C@@H](C)CC3)C2)[C@H](OC(C)=O)[C@@H](OC(C)=O)[C@@H]1OC(C)=O. The molecular formula is C43H63NO12. The summed E-state index contributed by atoms with van der Waals surface area (Å²) in [6.45, 7) is 16.4. The van der Waals surface area contributed by atoms with Crippen LogP contribution in [-0.4, -0.2) is 91.6 Å². The van der Waals surface area contributed by atoms with Crippen molar-refractivity contribution in [3.63, 3.8) is 0 Å². The minimum Gasteiger partial charge on any atom is -0.463 e. The first kappa shape index (κ1) is 42.3. The number of hydrogen-bond acceptors (Lipinski definition) is 13. The van der Waals surface area contributed by atoms with Gasteiger partial charge in [-0.3, -0.25) is 29.0 Å². The Morgan fingerprint density at radius 1 is 0.839 bits per heavy atom. The normalized spacial score (nSPS) is 40.9. The van der Waals surface area contributed by atoms with Crippen molar-refractivity contribution in [3.8, 4) is 0 Å². The molecule has 0 spiro atoms. The summed E-state index contributed by atoms with van der Waals surface area (Å²) < 4.78 is 41.2. The van der Waals surface area contributed by atoms with Gasteiger partial charge in [0.15, 0.2) is 24.6 Å². The number of rotatable bonds is 10. The molecule has 0 aromatic heterocycles. The fourth-order valence-electron chi connectivity index (χ4n) is 11.9. The molecule has 312 valence electrons. The molecule has 6 aliphatic rings. The highest BCUT2D eigenvalue weighted by Crippen LogP contribution is 2.68. The van der Waals surface area contributed by atoms with E-state index in [9.17, 15) is 24.0 Å². The van der Waals surface area contributed by atoms with Crippen LogP contribution in [0.4, 0.5) is 0 Å². The largest absolute Gasteiger partial charge is 0.463 e. The Kier molecular flexibility index (Phi) is 12.7. The minimum absolute atomic E-state index is 0.0312. The van der Waals surface area contributed by atoms with E-state index in [-0.39, 0.29) is 47.4 Å². The van der Waals surface area contributed by atoms with Crippen molar-refractivity contribution >= 4 is 35.6 Å². The zero-order valence-electron chi connectivity index (χ0n) is 34.7. The molecule has 0 N–H and O–H groups in total. The van der Waals surface area contributed by atoms with Gasteiger partial charge in [0.1, 0.15) is 18.8 Å². The number of carbonyl (C=O) groups excluding carboxylic acids is 5. The number of allylic oxidation sites excluding steroid dienone is 1. The second kappa shape index (κ2) is 16.9. The Morgan fingerprint density at radius 2 is 1.50 bits per heavy atom. The van der Waals surface area contributed by atoms with Gasteiger partial charge >= 0.3 is 29.8 Å². The van der Waals surface area contributed by atoms with Gasteiger partial charge in [0.25, 0.3) is 0 Å². The third-order valence-corrected chi connectivity index (χ3v) is 14.3. The van der Waals surface area contributed by atoms with Crippen molar-refractivity contribution in [2.45, 2.75) is 163 Å². The van der Waals surface area contributed by atoms with Gasteiger partial charge in [-0.05, 0) is 92.3 Å². The van der Waals surface area contributed by atoms with E-state index < -0.39 is 54.6 Å². The molecule has 0 bridgehead atoms. The van der Waals surface area contributed by atoms with Crippen LogP contribution in [0.1, 0.15) is 120 Å². The van der Waals surface area contributed by atoms with Crippen molar-refractivity contribution in [2.24, 2.45) is 51.3 Å². The molecule has 0 aromatic rings. The first-order chi connectivity index (χ1) is 26.4. The van der Waals surface area contributed by atoms with Gasteiger partial charge in [-0.1, -0.05) is 39.3 Å². The average molecular weight is 786 g/mol. The van der Waals surface area contributed by atoms with Crippen molar-refractivity contribution in [3.05, 3.63) is 11.6 Å². The fourth-order valence-corrected chi connectivity index (χ4v) is 11.9. The monoisotopic (exact) mass is 785 g/mol. The molecule has 6 rings (SSSR count). The number of carbonyl (C=O) groups is 5. The van der Waals surface area contributed by atoms with Gasteiger partial charge < -0.3 is 33.2 Å². The maximum atomic E-state index is 12.5. The fraction of sp³-hybridized carbons (Fsp3) is 0.814. The zero-order valence-corrected chi connectivity index (χ0v) is 34.7. The van der Waals surface area contributed by atoms with E-state index in [1.165, 1.54) is 45.9 Å². The third kappa shape index (κ3) is 8.59. The summed E-state index contributed by atoms with van der Waals surface area (Å²) in [5, 5.41) is 0. The number of ether oxygens (including phenoxy) is 7. The van der Waals surface area contributed by atoms with Crippen LogP contribution in [0.25, 0.3) is 0 Å². The van der Waals surface area contributed by atoms with E-state index in [0.717, 1.165) is 51.5 Å². The molecule has 0 aromatic carbocycles. The summed E-state index contributed by atoms with van der Waals surface area (Å²) in [5.41, 5.74) is 2.62. The highest BCUT2D eigenvalue weighted by molar-refractivity contribution is 5.87. The van der Waals surface area contributed by atoms with Gasteiger partial charge in [0, 0.05) is 58.7 Å². The molecule has 4 fully saturated rings. The quantitative estimate of drug-likeness (QED) is 0.143. The van der Waals surface area contributed by atoms with Crippen LogP contribution in [-0.2, 0) is 57.1 Å². The van der Waals surface area contributed by atoms with Crippen LogP contribution in [0.5, 0.6) is 0 Å². The van der Waals surface area contributed by atoms with Crippen molar-refractivity contribution < 1.29 is 57.1 Å². The van der Waals surface area contributed by atoms with Crippen LogP contribution in [0.15, 0.2) is 16.6 Å². The van der Waals surface area contributed by atoms with Crippen molar-refractivity contribution in [1.29, 1.82) is 0 Å². The van der Waals surface area contributed by atoms with Crippen LogP contribution in [0.2, 0.25) is 0 Å². The molecule has 4 aliphatic carbocycles. The van der Waals surface area contributed by atoms with Crippen LogP contribution in [0.3, 0.4) is 0 Å². The molecule has 13 heteroatoms. The van der Waals surface area contributed by atoms with Gasteiger partial charge in [-0.15, -0.1) is 0 Å². The summed E-state index contributed by atoms with van der Waals surface area (Å²) in [4.78, 5) is 66.3. The molecule has 1 saturated heterocycles. The number of hydrogen-bond donors (Lipinski definition) is 0. The van der Waals surface area contributed by atoms with E-state index in [1.807, 2.05) is 0 Å². The molecule has 2 aliphatic heterocycles. The van der Waals surface area contributed by atoms with Crippen LogP contribution in [0, 0.1) is 46.3 Å². The second-order valence-corrected chi connectivity index (χ2v) is 18.0. The predicted octanol–water partition coefficient (Wildman–Crippen LogP) is 6.08. The summed E-state index contributed by atoms with van der Waals surface area (Å²) >= 11 is 0. The third-order valence-electron chi connectivity index (χ3n) is 14.3. The van der Waals surface area contributed by atoms with Gasteiger partial charge in [0.05, 0.1) is 6.10 Å². The summed E-state index contributed by atoms with van der Waals surface area (Å²) in [6, 6.07) is 0. The molecular weight excluding hydrogens is 722 g/mol. The molecule has 0 amide bonds. The summed E-state index contributed by atoms with van der Waals surface area (Å²) in [6.07, 6.45) is 4.33. The molecule has 56 heavy (non-hydrogen) atoms. The Hall–Kier alpha value is -3.32. The average Bonchev–Trinajstić information content (AvgIpc) is 3.40. The summed E-state index contributed by atoms with van der Waals surface area (Å²) in [5.74, 6) is -0.375. The van der Waals surface area contributed by atoms with Gasteiger partial charge in [-0.2, -0.15) is 0 Å². The first-order valence-electron chi connectivity index (χ1n) is 20.8. The van der Waals surface area contributed by atoms with Crippen molar-refractivity contribution in [2.75, 3.05) is 13.2 Å². The predicted molar refractivity (Wildman–Crippen MR) is 203 cm³/mol. The maximum absolute atomic E-state index is 12.5. The summed E-state index contributed by atoms with van der Waals surface area (Å²) in [7, 11) is 0. The van der Waals surface area contributed by atoms with E-state index >= 15 is 0 Å². The number of aliphatic imine (C=N–C) groups is 1. The lowest BCUT2D eigenvalue weighted by Crippen LogP contribution is -2.63. The lowest BCUT2D eigenvalue weighted by molar-refractivity contribution is -0.318. The lowest BCUT2D eigenvalue weighted by Gasteiger charge is -2.58. The maximum Gasteiger partial charge on any atom is 0.303 e. The lowest BCUT2D eigenvalue weighted by atomic mass is 9.47. The topological polar surface area (TPSA) is 162 Å².